The second kappa shape index (κ2) is 14.3. The summed E-state index contributed by atoms with van der Waals surface area (Å²) >= 11 is 0. The van der Waals surface area contributed by atoms with Gasteiger partial charge in [-0.2, -0.15) is 0 Å². The van der Waals surface area contributed by atoms with Gasteiger partial charge in [0.15, 0.2) is 6.10 Å². The number of carbonyl (C=O) groups is 6. The highest BCUT2D eigenvalue weighted by Crippen LogP contribution is 2.31. The number of hydrogen-bond donors (Lipinski definition) is 5. The van der Waals surface area contributed by atoms with E-state index in [9.17, 15) is 44.1 Å². The van der Waals surface area contributed by atoms with Crippen molar-refractivity contribution in [1.82, 2.24) is 10.2 Å². The number of aliphatic hydroxyl groups excluding tert-OH is 2. The second-order valence-corrected chi connectivity index (χ2v) is 9.26. The maximum absolute atomic E-state index is 12.6. The van der Waals surface area contributed by atoms with Crippen LogP contribution in [0.25, 0.3) is 0 Å². The SMILES string of the molecule is CC(=O)OCc1ccc(O[C@H]2CC(O)[C@H](O)[C@@H](C(=O)O)O2)c(NC(=O)CCNC(=O)CCCN2C(=O)C=CC2=O)c1. The molecule has 5 N–H and O–H groups in total. The maximum Gasteiger partial charge on any atom is 0.335 e. The first kappa shape index (κ1) is 31.2. The summed E-state index contributed by atoms with van der Waals surface area (Å²) in [5, 5.41) is 34.4. The molecule has 0 bridgehead atoms. The highest BCUT2D eigenvalue weighted by atomic mass is 16.7. The van der Waals surface area contributed by atoms with Gasteiger partial charge in [-0.05, 0) is 24.1 Å². The van der Waals surface area contributed by atoms with Crippen LogP contribution in [0.5, 0.6) is 5.75 Å². The van der Waals surface area contributed by atoms with Gasteiger partial charge in [0.1, 0.15) is 18.5 Å². The van der Waals surface area contributed by atoms with Gasteiger partial charge in [0.25, 0.3) is 11.8 Å². The molecule has 0 spiro atoms. The summed E-state index contributed by atoms with van der Waals surface area (Å²) in [5.41, 5.74) is 0.611. The first-order valence-corrected chi connectivity index (χ1v) is 12.7. The summed E-state index contributed by atoms with van der Waals surface area (Å²) in [7, 11) is 0. The summed E-state index contributed by atoms with van der Waals surface area (Å²) in [5.74, 6) is -3.73. The molecule has 1 aromatic carbocycles. The van der Waals surface area contributed by atoms with E-state index in [0.717, 1.165) is 17.1 Å². The molecule has 15 nitrogen and oxygen atoms in total. The van der Waals surface area contributed by atoms with Gasteiger partial charge in [-0.15, -0.1) is 0 Å². The number of esters is 1. The number of anilines is 1. The molecule has 222 valence electrons. The van der Waals surface area contributed by atoms with Crippen LogP contribution < -0.4 is 15.4 Å². The van der Waals surface area contributed by atoms with Gasteiger partial charge >= 0.3 is 11.9 Å². The summed E-state index contributed by atoms with van der Waals surface area (Å²) in [6, 6.07) is 4.43. The summed E-state index contributed by atoms with van der Waals surface area (Å²) in [4.78, 5) is 71.4. The third-order valence-electron chi connectivity index (χ3n) is 6.06. The normalized spacial score (nSPS) is 21.9. The Balaban J connectivity index is 1.56. The van der Waals surface area contributed by atoms with Gasteiger partial charge in [0, 0.05) is 51.4 Å². The molecule has 0 aromatic heterocycles. The average molecular weight is 578 g/mol. The van der Waals surface area contributed by atoms with Crippen LogP contribution >= 0.6 is 0 Å². The Kier molecular flexibility index (Phi) is 10.9. The molecule has 1 saturated heterocycles. The molecular weight excluding hydrogens is 546 g/mol. The number of benzene rings is 1. The molecule has 4 amide bonds. The van der Waals surface area contributed by atoms with Crippen molar-refractivity contribution in [3.05, 3.63) is 35.9 Å². The Bertz CT molecular complexity index is 1200. The molecule has 0 aliphatic carbocycles. The number of carboxylic acid groups (broad SMARTS) is 1. The zero-order chi connectivity index (χ0) is 30.1. The topological polar surface area (TPSA) is 218 Å². The van der Waals surface area contributed by atoms with Gasteiger partial charge in [-0.25, -0.2) is 4.79 Å². The third kappa shape index (κ3) is 9.09. The summed E-state index contributed by atoms with van der Waals surface area (Å²) in [6.45, 7) is 1.20. The molecule has 41 heavy (non-hydrogen) atoms. The number of nitrogens with one attached hydrogen (secondary N) is 2. The van der Waals surface area contributed by atoms with E-state index in [2.05, 4.69) is 10.6 Å². The van der Waals surface area contributed by atoms with E-state index in [1.165, 1.54) is 25.1 Å². The van der Waals surface area contributed by atoms with E-state index in [1.54, 1.807) is 0 Å². The fourth-order valence-corrected chi connectivity index (χ4v) is 3.98. The largest absolute Gasteiger partial charge is 0.479 e. The number of ether oxygens (including phenoxy) is 3. The number of imide groups is 1. The van der Waals surface area contributed by atoms with E-state index in [4.69, 9.17) is 14.2 Å². The number of aliphatic hydroxyl groups is 2. The van der Waals surface area contributed by atoms with Crippen molar-refractivity contribution in [2.24, 2.45) is 0 Å². The van der Waals surface area contributed by atoms with Gasteiger partial charge < -0.3 is 40.2 Å². The minimum atomic E-state index is -1.73. The number of carbonyl (C=O) groups excluding carboxylic acids is 5. The second-order valence-electron chi connectivity index (χ2n) is 9.26. The Morgan fingerprint density at radius 1 is 1.07 bits per heavy atom. The first-order chi connectivity index (χ1) is 19.4. The fourth-order valence-electron chi connectivity index (χ4n) is 3.98. The van der Waals surface area contributed by atoms with Crippen LogP contribution in [0.4, 0.5) is 5.69 Å². The summed E-state index contributed by atoms with van der Waals surface area (Å²) in [6.07, 6.45) is -3.89. The molecule has 0 saturated carbocycles. The maximum atomic E-state index is 12.6. The number of rotatable bonds is 13. The van der Waals surface area contributed by atoms with Gasteiger partial charge in [-0.1, -0.05) is 6.07 Å². The molecule has 1 aromatic rings. The van der Waals surface area contributed by atoms with E-state index in [1.807, 2.05) is 0 Å². The van der Waals surface area contributed by atoms with Crippen LogP contribution in [0.15, 0.2) is 30.4 Å². The Morgan fingerprint density at radius 3 is 2.44 bits per heavy atom. The van der Waals surface area contributed by atoms with Crippen molar-refractivity contribution < 1.29 is 58.3 Å². The lowest BCUT2D eigenvalue weighted by molar-refractivity contribution is -0.228. The van der Waals surface area contributed by atoms with Crippen LogP contribution in [0.1, 0.15) is 38.2 Å². The zero-order valence-corrected chi connectivity index (χ0v) is 22.1. The van der Waals surface area contributed by atoms with Crippen LogP contribution in [0.2, 0.25) is 0 Å². The zero-order valence-electron chi connectivity index (χ0n) is 22.1. The van der Waals surface area contributed by atoms with Crippen molar-refractivity contribution in [1.29, 1.82) is 0 Å². The molecule has 3 rings (SSSR count). The third-order valence-corrected chi connectivity index (χ3v) is 6.06. The lowest BCUT2D eigenvalue weighted by Gasteiger charge is -2.35. The van der Waals surface area contributed by atoms with Crippen molar-refractivity contribution in [2.75, 3.05) is 18.4 Å². The molecule has 1 fully saturated rings. The molecule has 2 aliphatic rings. The Labute approximate surface area is 234 Å². The first-order valence-electron chi connectivity index (χ1n) is 12.7. The number of aliphatic carboxylic acids is 1. The Hall–Kier alpha value is -4.34. The quantitative estimate of drug-likeness (QED) is 0.144. The molecule has 2 aliphatic heterocycles. The van der Waals surface area contributed by atoms with Gasteiger partial charge in [0.05, 0.1) is 11.8 Å². The minimum Gasteiger partial charge on any atom is -0.479 e. The Morgan fingerprint density at radius 2 is 1.78 bits per heavy atom. The highest BCUT2D eigenvalue weighted by molar-refractivity contribution is 6.12. The highest BCUT2D eigenvalue weighted by Gasteiger charge is 2.42. The molecule has 1 unspecified atom stereocenters. The van der Waals surface area contributed by atoms with E-state index < -0.39 is 54.3 Å². The molecule has 4 atom stereocenters. The molecule has 2 heterocycles. The standard InChI is InChI=1S/C26H31N3O12/c1-14(30)39-13-15-4-5-18(40-23-12-17(31)24(36)25(41-23)26(37)38)16(11-15)28-20(33)8-9-27-19(32)3-2-10-29-21(34)6-7-22(29)35/h4-7,11,17,23-25,31,36H,2-3,8-10,12-13H2,1H3,(H,27,32)(H,28,33)(H,37,38)/t17?,23-,24+,25+/m1/s1. The van der Waals surface area contributed by atoms with Crippen LogP contribution in [0.3, 0.4) is 0 Å². The van der Waals surface area contributed by atoms with Crippen LogP contribution in [-0.2, 0) is 44.8 Å². The summed E-state index contributed by atoms with van der Waals surface area (Å²) < 4.78 is 15.9. The molecule has 15 heteroatoms. The van der Waals surface area contributed by atoms with Crippen molar-refractivity contribution >= 4 is 41.3 Å². The number of carboxylic acids is 1. The molecular formula is C26H31N3O12. The van der Waals surface area contributed by atoms with Gasteiger partial charge in [-0.3, -0.25) is 28.9 Å². The smallest absolute Gasteiger partial charge is 0.335 e. The van der Waals surface area contributed by atoms with Gasteiger partial charge in [0.2, 0.25) is 18.1 Å². The molecule has 0 radical (unpaired) electrons. The van der Waals surface area contributed by atoms with E-state index in [-0.39, 0.29) is 62.7 Å². The van der Waals surface area contributed by atoms with E-state index in [0.29, 0.717) is 5.56 Å². The lowest BCUT2D eigenvalue weighted by atomic mass is 10.0. The number of hydrogen-bond acceptors (Lipinski definition) is 11. The van der Waals surface area contributed by atoms with E-state index >= 15 is 0 Å². The van der Waals surface area contributed by atoms with Crippen molar-refractivity contribution in [3.63, 3.8) is 0 Å². The van der Waals surface area contributed by atoms with Crippen molar-refractivity contribution in [2.45, 2.75) is 63.8 Å². The predicted molar refractivity (Wildman–Crippen MR) is 137 cm³/mol. The predicted octanol–water partition coefficient (Wildman–Crippen LogP) is -0.800. The monoisotopic (exact) mass is 577 g/mol. The lowest BCUT2D eigenvalue weighted by Crippen LogP contribution is -2.53. The minimum absolute atomic E-state index is 0.0206. The van der Waals surface area contributed by atoms with Crippen LogP contribution in [-0.4, -0.2) is 93.5 Å². The number of nitrogens with zero attached hydrogens (tertiary/aromatic N) is 1. The number of amides is 4. The average Bonchev–Trinajstić information content (AvgIpc) is 3.22. The fraction of sp³-hybridized carbons (Fsp3) is 0.462. The van der Waals surface area contributed by atoms with Crippen molar-refractivity contribution in [3.8, 4) is 5.75 Å². The van der Waals surface area contributed by atoms with Crippen LogP contribution in [0, 0.1) is 0 Å².